The Morgan fingerprint density at radius 2 is 0.688 bits per heavy atom. The van der Waals surface area contributed by atoms with Crippen molar-refractivity contribution in [2.24, 2.45) is 0 Å². The average molecular weight is 681 g/mol. The van der Waals surface area contributed by atoms with Crippen LogP contribution in [0.5, 0.6) is 0 Å². The zero-order valence-corrected chi connectivity index (χ0v) is 33.0. The van der Waals surface area contributed by atoms with E-state index < -0.39 is 6.10 Å². The normalized spacial score (nSPS) is 12.1. The van der Waals surface area contributed by atoms with E-state index in [2.05, 4.69) is 13.8 Å². The highest BCUT2D eigenvalue weighted by atomic mass is 16.6. The molecule has 1 atom stereocenters. The number of hydrogen-bond donors (Lipinski definition) is 1. The highest BCUT2D eigenvalue weighted by Gasteiger charge is 2.13. The van der Waals surface area contributed by atoms with E-state index in [0.29, 0.717) is 19.6 Å². The van der Waals surface area contributed by atoms with Gasteiger partial charge < -0.3 is 14.6 Å². The minimum Gasteiger partial charge on any atom is -0.457 e. The van der Waals surface area contributed by atoms with Crippen LogP contribution >= 0.6 is 0 Å². The summed E-state index contributed by atoms with van der Waals surface area (Å²) in [6.45, 7) is 5.40. The summed E-state index contributed by atoms with van der Waals surface area (Å²) in [7, 11) is 0. The van der Waals surface area contributed by atoms with Gasteiger partial charge in [-0.25, -0.2) is 0 Å². The molecule has 48 heavy (non-hydrogen) atoms. The lowest BCUT2D eigenvalue weighted by atomic mass is 10.0. The van der Waals surface area contributed by atoms with Crippen molar-refractivity contribution < 1.29 is 19.4 Å². The highest BCUT2D eigenvalue weighted by molar-refractivity contribution is 5.69. The number of aliphatic hydroxyl groups excluding tert-OH is 1. The Morgan fingerprint density at radius 3 is 0.979 bits per heavy atom. The van der Waals surface area contributed by atoms with Gasteiger partial charge in [-0.15, -0.1) is 0 Å². The summed E-state index contributed by atoms with van der Waals surface area (Å²) in [5, 5.41) is 9.59. The molecule has 0 bridgehead atoms. The van der Waals surface area contributed by atoms with E-state index in [4.69, 9.17) is 9.47 Å². The Hall–Kier alpha value is -0.610. The van der Waals surface area contributed by atoms with Gasteiger partial charge in [0.2, 0.25) is 0 Å². The topological polar surface area (TPSA) is 55.8 Å². The molecule has 4 heteroatoms. The zero-order chi connectivity index (χ0) is 34.9. The van der Waals surface area contributed by atoms with Crippen LogP contribution in [0, 0.1) is 0 Å². The number of carbonyl (C=O) groups excluding carboxylic acids is 1. The molecule has 0 aliphatic carbocycles. The summed E-state index contributed by atoms with van der Waals surface area (Å²) < 4.78 is 11.2. The maximum absolute atomic E-state index is 12.2. The lowest BCUT2D eigenvalue weighted by Gasteiger charge is -2.16. The highest BCUT2D eigenvalue weighted by Crippen LogP contribution is 2.16. The monoisotopic (exact) mass is 681 g/mol. The van der Waals surface area contributed by atoms with E-state index in [9.17, 15) is 9.90 Å². The molecule has 0 aromatic carbocycles. The van der Waals surface area contributed by atoms with Crippen LogP contribution in [-0.2, 0) is 14.3 Å². The van der Waals surface area contributed by atoms with Crippen molar-refractivity contribution in [3.05, 3.63) is 0 Å². The van der Waals surface area contributed by atoms with Crippen molar-refractivity contribution in [3.8, 4) is 0 Å². The number of rotatable bonds is 42. The molecule has 0 fully saturated rings. The number of unbranched alkanes of at least 4 members (excludes halogenated alkanes) is 34. The Kier molecular flexibility index (Phi) is 42.0. The lowest BCUT2D eigenvalue weighted by Crippen LogP contribution is -2.27. The van der Waals surface area contributed by atoms with Crippen LogP contribution in [0.1, 0.15) is 251 Å². The summed E-state index contributed by atoms with van der Waals surface area (Å²) in [4.78, 5) is 12.2. The molecule has 1 unspecified atom stereocenters. The third-order valence-electron chi connectivity index (χ3n) is 10.2. The second kappa shape index (κ2) is 42.6. The van der Waals surface area contributed by atoms with Gasteiger partial charge in [-0.3, -0.25) is 4.79 Å². The summed E-state index contributed by atoms with van der Waals surface area (Å²) >= 11 is 0. The van der Waals surface area contributed by atoms with E-state index >= 15 is 0 Å². The predicted octanol–water partition coefficient (Wildman–Crippen LogP) is 14.4. The van der Waals surface area contributed by atoms with Crippen LogP contribution in [0.15, 0.2) is 0 Å². The predicted molar refractivity (Wildman–Crippen MR) is 210 cm³/mol. The van der Waals surface area contributed by atoms with Crippen molar-refractivity contribution in [1.29, 1.82) is 0 Å². The SMILES string of the molecule is CCCCCCCCCCCCCCCCCCCCCCCCOCC(CO)OC(=O)CCCCCCCCCCCCCCCC. The molecule has 0 aromatic rings. The molecule has 0 saturated carbocycles. The number of ether oxygens (including phenoxy) is 2. The standard InChI is InChI=1S/C44H88O4/c1-3-5-7-9-11-13-15-17-19-20-21-22-23-24-25-26-28-30-32-34-36-38-40-47-42-43(41-45)48-44(46)39-37-35-33-31-29-27-18-16-14-12-10-8-6-4-2/h43,45H,3-42H2,1-2H3. The molecule has 0 amide bonds. The van der Waals surface area contributed by atoms with Crippen LogP contribution in [0.4, 0.5) is 0 Å². The van der Waals surface area contributed by atoms with Crippen molar-refractivity contribution in [2.75, 3.05) is 19.8 Å². The summed E-state index contributed by atoms with van der Waals surface area (Å²) in [6.07, 6.45) is 48.8. The van der Waals surface area contributed by atoms with E-state index in [1.165, 1.54) is 212 Å². The zero-order valence-electron chi connectivity index (χ0n) is 33.0. The van der Waals surface area contributed by atoms with Crippen LogP contribution < -0.4 is 0 Å². The number of carbonyl (C=O) groups is 1. The molecule has 288 valence electrons. The fourth-order valence-electron chi connectivity index (χ4n) is 6.86. The van der Waals surface area contributed by atoms with Gasteiger partial charge in [-0.05, 0) is 12.8 Å². The maximum Gasteiger partial charge on any atom is 0.306 e. The molecule has 0 aliphatic rings. The molecular weight excluding hydrogens is 592 g/mol. The summed E-state index contributed by atoms with van der Waals surface area (Å²) in [5.41, 5.74) is 0. The third kappa shape index (κ3) is 39.8. The first-order valence-electron chi connectivity index (χ1n) is 22.1. The molecule has 0 saturated heterocycles. The minimum absolute atomic E-state index is 0.163. The van der Waals surface area contributed by atoms with Gasteiger partial charge in [-0.1, -0.05) is 232 Å². The summed E-state index contributed by atoms with van der Waals surface area (Å²) in [6, 6.07) is 0. The van der Waals surface area contributed by atoms with Gasteiger partial charge in [0, 0.05) is 13.0 Å². The molecule has 0 rings (SSSR count). The van der Waals surface area contributed by atoms with Crippen LogP contribution in [-0.4, -0.2) is 37.0 Å². The first-order chi connectivity index (χ1) is 23.7. The Labute approximate surface area is 302 Å². The largest absolute Gasteiger partial charge is 0.457 e. The molecule has 0 aromatic heterocycles. The Bertz CT molecular complexity index is 594. The first-order valence-corrected chi connectivity index (χ1v) is 22.1. The second-order valence-electron chi connectivity index (χ2n) is 15.1. The Morgan fingerprint density at radius 1 is 0.417 bits per heavy atom. The lowest BCUT2D eigenvalue weighted by molar-refractivity contribution is -0.154. The molecule has 0 aliphatic heterocycles. The smallest absolute Gasteiger partial charge is 0.306 e. The fraction of sp³-hybridized carbons (Fsp3) is 0.977. The number of aliphatic hydroxyl groups is 1. The van der Waals surface area contributed by atoms with Crippen molar-refractivity contribution >= 4 is 5.97 Å². The van der Waals surface area contributed by atoms with Gasteiger partial charge in [0.1, 0.15) is 6.10 Å². The molecule has 4 nitrogen and oxygen atoms in total. The third-order valence-corrected chi connectivity index (χ3v) is 10.2. The molecule has 0 radical (unpaired) electrons. The van der Waals surface area contributed by atoms with E-state index in [0.717, 1.165) is 19.3 Å². The van der Waals surface area contributed by atoms with Gasteiger partial charge in [-0.2, -0.15) is 0 Å². The van der Waals surface area contributed by atoms with Gasteiger partial charge in [0.25, 0.3) is 0 Å². The molecule has 1 N–H and O–H groups in total. The minimum atomic E-state index is -0.524. The van der Waals surface area contributed by atoms with Crippen molar-refractivity contribution in [3.63, 3.8) is 0 Å². The number of hydrogen-bond acceptors (Lipinski definition) is 4. The van der Waals surface area contributed by atoms with Crippen molar-refractivity contribution in [1.82, 2.24) is 0 Å². The average Bonchev–Trinajstić information content (AvgIpc) is 3.09. The quantitative estimate of drug-likeness (QED) is 0.0515. The Balaban J connectivity index is 3.33. The van der Waals surface area contributed by atoms with Gasteiger partial charge in [0.15, 0.2) is 0 Å². The maximum atomic E-state index is 12.2. The fourth-order valence-corrected chi connectivity index (χ4v) is 6.86. The van der Waals surface area contributed by atoms with Crippen LogP contribution in [0.3, 0.4) is 0 Å². The van der Waals surface area contributed by atoms with Crippen LogP contribution in [0.25, 0.3) is 0 Å². The molecular formula is C44H88O4. The summed E-state index contributed by atoms with van der Waals surface area (Å²) in [5.74, 6) is -0.194. The molecule has 0 heterocycles. The molecule has 0 spiro atoms. The van der Waals surface area contributed by atoms with Gasteiger partial charge >= 0.3 is 5.97 Å². The van der Waals surface area contributed by atoms with E-state index in [1.807, 2.05) is 0 Å². The van der Waals surface area contributed by atoms with Crippen molar-refractivity contribution in [2.45, 2.75) is 258 Å². The van der Waals surface area contributed by atoms with Crippen LogP contribution in [0.2, 0.25) is 0 Å². The number of esters is 1. The first kappa shape index (κ1) is 47.4. The second-order valence-corrected chi connectivity index (χ2v) is 15.1. The van der Waals surface area contributed by atoms with E-state index in [-0.39, 0.29) is 12.6 Å². The van der Waals surface area contributed by atoms with Gasteiger partial charge in [0.05, 0.1) is 13.2 Å². The van der Waals surface area contributed by atoms with E-state index in [1.54, 1.807) is 0 Å².